The maximum atomic E-state index is 13.7. The first-order valence-corrected chi connectivity index (χ1v) is 8.71. The van der Waals surface area contributed by atoms with Gasteiger partial charge in [0.15, 0.2) is 5.78 Å². The van der Waals surface area contributed by atoms with E-state index in [4.69, 9.17) is 0 Å². The predicted molar refractivity (Wildman–Crippen MR) is 93.1 cm³/mol. The number of rotatable bonds is 1. The van der Waals surface area contributed by atoms with E-state index in [-0.39, 0.29) is 17.6 Å². The summed E-state index contributed by atoms with van der Waals surface area (Å²) < 4.78 is 15.9. The maximum absolute atomic E-state index is 13.7. The number of allylic oxidation sites excluding steroid dienone is 2. The van der Waals surface area contributed by atoms with Crippen LogP contribution in [0.4, 0.5) is 10.2 Å². The number of nitrogens with one attached hydrogen (secondary N) is 1. The summed E-state index contributed by atoms with van der Waals surface area (Å²) in [6.07, 6.45) is 3.34. The lowest BCUT2D eigenvalue weighted by molar-refractivity contribution is -0.124. The molecule has 0 saturated carbocycles. The Balaban J connectivity index is 1.93. The normalized spacial score (nSPS) is 22.0. The van der Waals surface area contributed by atoms with Gasteiger partial charge in [0, 0.05) is 22.8 Å². The lowest BCUT2D eigenvalue weighted by Gasteiger charge is -2.38. The molecule has 1 atom stereocenters. The highest BCUT2D eigenvalue weighted by Crippen LogP contribution is 2.45. The van der Waals surface area contributed by atoms with Gasteiger partial charge in [0.1, 0.15) is 17.7 Å². The van der Waals surface area contributed by atoms with Crippen molar-refractivity contribution in [1.82, 2.24) is 9.78 Å². The molecule has 2 heterocycles. The number of halogens is 2. The second-order valence-corrected chi connectivity index (χ2v) is 7.82. The molecule has 0 amide bonds. The quantitative estimate of drug-likeness (QED) is 0.783. The molecule has 0 saturated heterocycles. The lowest BCUT2D eigenvalue weighted by Crippen LogP contribution is -2.39. The van der Waals surface area contributed by atoms with E-state index in [2.05, 4.69) is 26.3 Å². The maximum Gasteiger partial charge on any atom is 0.168 e. The molecule has 2 aliphatic rings. The van der Waals surface area contributed by atoms with Crippen molar-refractivity contribution >= 4 is 27.5 Å². The Bertz CT molecular complexity index is 884. The van der Waals surface area contributed by atoms with Crippen molar-refractivity contribution in [2.75, 3.05) is 5.32 Å². The summed E-state index contributed by atoms with van der Waals surface area (Å²) in [5, 5.41) is 7.74. The molecule has 0 spiro atoms. The summed E-state index contributed by atoms with van der Waals surface area (Å²) in [7, 11) is 0. The van der Waals surface area contributed by atoms with Crippen molar-refractivity contribution in [3.8, 4) is 0 Å². The van der Waals surface area contributed by atoms with Crippen LogP contribution in [0.2, 0.25) is 0 Å². The standard InChI is InChI=1S/C18H17BrFN3O/c1-18(2)7-5-13-15(17(18)24)16(23-14(22-13)6-8-21-23)10-3-4-12(20)11(19)9-10/h3-4,6,8-9,16,22H,5,7H2,1-2H3. The summed E-state index contributed by atoms with van der Waals surface area (Å²) in [6, 6.07) is 6.43. The molecule has 1 unspecified atom stereocenters. The molecular formula is C18H17BrFN3O. The molecule has 1 N–H and O–H groups in total. The van der Waals surface area contributed by atoms with Gasteiger partial charge in [-0.05, 0) is 46.5 Å². The molecule has 1 aliphatic heterocycles. The molecule has 24 heavy (non-hydrogen) atoms. The summed E-state index contributed by atoms with van der Waals surface area (Å²) in [5.74, 6) is 0.660. The van der Waals surface area contributed by atoms with Crippen LogP contribution in [0.3, 0.4) is 0 Å². The fraction of sp³-hybridized carbons (Fsp3) is 0.333. The molecule has 1 aromatic heterocycles. The third-order valence-corrected chi connectivity index (χ3v) is 5.52. The number of aromatic nitrogens is 2. The first-order chi connectivity index (χ1) is 11.4. The number of hydrogen-bond donors (Lipinski definition) is 1. The Morgan fingerprint density at radius 1 is 1.38 bits per heavy atom. The van der Waals surface area contributed by atoms with Crippen molar-refractivity contribution in [3.05, 3.63) is 57.6 Å². The van der Waals surface area contributed by atoms with Crippen molar-refractivity contribution < 1.29 is 9.18 Å². The van der Waals surface area contributed by atoms with Crippen LogP contribution < -0.4 is 5.32 Å². The molecular weight excluding hydrogens is 373 g/mol. The topological polar surface area (TPSA) is 46.9 Å². The number of ketones is 1. The second kappa shape index (κ2) is 5.28. The second-order valence-electron chi connectivity index (χ2n) is 6.97. The van der Waals surface area contributed by atoms with Crippen LogP contribution in [0.15, 0.2) is 46.2 Å². The number of carbonyl (C=O) groups is 1. The van der Waals surface area contributed by atoms with Crippen molar-refractivity contribution in [1.29, 1.82) is 0 Å². The first-order valence-electron chi connectivity index (χ1n) is 7.92. The van der Waals surface area contributed by atoms with Crippen molar-refractivity contribution in [2.45, 2.75) is 32.7 Å². The van der Waals surface area contributed by atoms with Crippen LogP contribution in [0.5, 0.6) is 0 Å². The van der Waals surface area contributed by atoms with Crippen molar-refractivity contribution in [3.63, 3.8) is 0 Å². The van der Waals surface area contributed by atoms with E-state index in [0.717, 1.165) is 35.5 Å². The smallest absolute Gasteiger partial charge is 0.168 e. The van der Waals surface area contributed by atoms with E-state index in [1.54, 1.807) is 23.0 Å². The number of anilines is 1. The highest BCUT2D eigenvalue weighted by atomic mass is 79.9. The van der Waals surface area contributed by atoms with Gasteiger partial charge in [-0.1, -0.05) is 19.9 Å². The van der Waals surface area contributed by atoms with Crippen LogP contribution in [-0.2, 0) is 4.79 Å². The molecule has 2 aromatic rings. The fourth-order valence-electron chi connectivity index (χ4n) is 3.49. The SMILES string of the molecule is CC1(C)CCC2=C(C1=O)C(c1ccc(F)c(Br)c1)n1nccc1N2. The van der Waals surface area contributed by atoms with Gasteiger partial charge in [-0.3, -0.25) is 4.79 Å². The highest BCUT2D eigenvalue weighted by Gasteiger charge is 2.43. The Hall–Kier alpha value is -1.95. The highest BCUT2D eigenvalue weighted by molar-refractivity contribution is 9.10. The van der Waals surface area contributed by atoms with Gasteiger partial charge in [-0.15, -0.1) is 0 Å². The minimum atomic E-state index is -0.402. The van der Waals surface area contributed by atoms with Gasteiger partial charge in [0.05, 0.1) is 10.7 Å². The van der Waals surface area contributed by atoms with E-state index in [0.29, 0.717) is 4.47 Å². The molecule has 124 valence electrons. The number of Topliss-reactive ketones (excluding diaryl/α,β-unsaturated/α-hetero) is 1. The Morgan fingerprint density at radius 2 is 2.17 bits per heavy atom. The summed E-state index contributed by atoms with van der Waals surface area (Å²) in [6.45, 7) is 3.96. The van der Waals surface area contributed by atoms with Gasteiger partial charge in [0.2, 0.25) is 0 Å². The summed E-state index contributed by atoms with van der Waals surface area (Å²) in [5.41, 5.74) is 2.13. The number of carbonyl (C=O) groups excluding carboxylic acids is 1. The number of benzene rings is 1. The Labute approximate surface area is 147 Å². The number of nitrogens with zero attached hydrogens (tertiary/aromatic N) is 2. The molecule has 1 aliphatic carbocycles. The molecule has 4 nitrogen and oxygen atoms in total. The summed E-state index contributed by atoms with van der Waals surface area (Å²) in [4.78, 5) is 13.1. The number of fused-ring (bicyclic) bond motifs is 1. The average molecular weight is 390 g/mol. The van der Waals surface area contributed by atoms with E-state index >= 15 is 0 Å². The van der Waals surface area contributed by atoms with Crippen LogP contribution in [0, 0.1) is 11.2 Å². The third kappa shape index (κ3) is 2.24. The van der Waals surface area contributed by atoms with Crippen LogP contribution in [0.1, 0.15) is 38.3 Å². The monoisotopic (exact) mass is 389 g/mol. The summed E-state index contributed by atoms with van der Waals surface area (Å²) >= 11 is 3.25. The van der Waals surface area contributed by atoms with E-state index in [1.165, 1.54) is 6.07 Å². The zero-order chi connectivity index (χ0) is 17.1. The predicted octanol–water partition coefficient (Wildman–Crippen LogP) is 4.44. The van der Waals surface area contributed by atoms with E-state index in [9.17, 15) is 9.18 Å². The molecule has 0 radical (unpaired) electrons. The first kappa shape index (κ1) is 15.6. The van der Waals surface area contributed by atoms with Gasteiger partial charge < -0.3 is 5.32 Å². The van der Waals surface area contributed by atoms with Gasteiger partial charge >= 0.3 is 0 Å². The van der Waals surface area contributed by atoms with Gasteiger partial charge in [-0.25, -0.2) is 9.07 Å². The van der Waals surface area contributed by atoms with Gasteiger partial charge in [0.25, 0.3) is 0 Å². The minimum absolute atomic E-state index is 0.128. The Morgan fingerprint density at radius 3 is 2.92 bits per heavy atom. The lowest BCUT2D eigenvalue weighted by atomic mass is 9.71. The van der Waals surface area contributed by atoms with Crippen LogP contribution in [-0.4, -0.2) is 15.6 Å². The molecule has 4 rings (SSSR count). The van der Waals surface area contributed by atoms with Crippen LogP contribution >= 0.6 is 15.9 Å². The molecule has 0 fully saturated rings. The minimum Gasteiger partial charge on any atom is -0.343 e. The third-order valence-electron chi connectivity index (χ3n) is 4.91. The number of hydrogen-bond acceptors (Lipinski definition) is 3. The van der Waals surface area contributed by atoms with Crippen LogP contribution in [0.25, 0.3) is 0 Å². The molecule has 1 aromatic carbocycles. The fourth-order valence-corrected chi connectivity index (χ4v) is 3.89. The zero-order valence-electron chi connectivity index (χ0n) is 13.4. The largest absolute Gasteiger partial charge is 0.343 e. The van der Waals surface area contributed by atoms with E-state index < -0.39 is 5.41 Å². The zero-order valence-corrected chi connectivity index (χ0v) is 15.0. The molecule has 0 bridgehead atoms. The van der Waals surface area contributed by atoms with E-state index in [1.807, 2.05) is 19.9 Å². The van der Waals surface area contributed by atoms with Gasteiger partial charge in [-0.2, -0.15) is 5.10 Å². The molecule has 6 heteroatoms. The van der Waals surface area contributed by atoms with Crippen molar-refractivity contribution in [2.24, 2.45) is 5.41 Å². The Kier molecular flexibility index (Phi) is 3.42. The average Bonchev–Trinajstić information content (AvgIpc) is 3.00.